The van der Waals surface area contributed by atoms with Crippen LogP contribution in [0.2, 0.25) is 0 Å². The van der Waals surface area contributed by atoms with Crippen LogP contribution >= 0.6 is 0 Å². The van der Waals surface area contributed by atoms with Crippen LogP contribution in [0.3, 0.4) is 0 Å². The summed E-state index contributed by atoms with van der Waals surface area (Å²) in [5, 5.41) is 0. The molecule has 0 saturated carbocycles. The van der Waals surface area contributed by atoms with Gasteiger partial charge in [-0.1, -0.05) is 18.2 Å². The van der Waals surface area contributed by atoms with Crippen molar-refractivity contribution in [2.45, 2.75) is 13.0 Å². The minimum Gasteiger partial charge on any atom is -0.369 e. The molecule has 5 nitrogen and oxygen atoms in total. The van der Waals surface area contributed by atoms with Gasteiger partial charge in [0.15, 0.2) is 0 Å². The number of para-hydroxylation sites is 1. The Balaban J connectivity index is 2.14. The Labute approximate surface area is 115 Å². The standard InChI is InChI=1S/C13H21N3O2S/c1-11(14)12-5-3-4-6-13(12)15-7-9-16(10-8-15)19(2,17)18/h3-6,11H,7-10,14H2,1-2H3/t11-/m0/s1. The maximum atomic E-state index is 11.5. The van der Waals surface area contributed by atoms with Crippen molar-refractivity contribution in [3.05, 3.63) is 29.8 Å². The second kappa shape index (κ2) is 5.48. The van der Waals surface area contributed by atoms with Crippen LogP contribution < -0.4 is 10.6 Å². The topological polar surface area (TPSA) is 66.6 Å². The number of hydrogen-bond donors (Lipinski definition) is 1. The SMILES string of the molecule is C[C@H](N)c1ccccc1N1CCN(S(C)(=O)=O)CC1. The van der Waals surface area contributed by atoms with Crippen molar-refractivity contribution in [2.75, 3.05) is 37.3 Å². The fourth-order valence-electron chi connectivity index (χ4n) is 2.42. The van der Waals surface area contributed by atoms with Gasteiger partial charge in [0.1, 0.15) is 0 Å². The molecular weight excluding hydrogens is 262 g/mol. The van der Waals surface area contributed by atoms with Crippen molar-refractivity contribution in [2.24, 2.45) is 5.73 Å². The number of benzene rings is 1. The molecule has 1 fully saturated rings. The fourth-order valence-corrected chi connectivity index (χ4v) is 3.25. The van der Waals surface area contributed by atoms with Crippen LogP contribution in [-0.2, 0) is 10.0 Å². The highest BCUT2D eigenvalue weighted by molar-refractivity contribution is 7.88. The minimum absolute atomic E-state index is 0.0239. The van der Waals surface area contributed by atoms with Gasteiger partial charge in [-0.2, -0.15) is 4.31 Å². The first-order chi connectivity index (χ1) is 8.89. The molecular formula is C13H21N3O2S. The van der Waals surface area contributed by atoms with Crippen molar-refractivity contribution >= 4 is 15.7 Å². The summed E-state index contributed by atoms with van der Waals surface area (Å²) in [7, 11) is -3.08. The molecule has 0 aromatic heterocycles. The van der Waals surface area contributed by atoms with Crippen LogP contribution in [-0.4, -0.2) is 45.2 Å². The van der Waals surface area contributed by atoms with Gasteiger partial charge < -0.3 is 10.6 Å². The Morgan fingerprint density at radius 3 is 2.26 bits per heavy atom. The van der Waals surface area contributed by atoms with E-state index in [1.165, 1.54) is 10.6 Å². The monoisotopic (exact) mass is 283 g/mol. The number of rotatable bonds is 3. The largest absolute Gasteiger partial charge is 0.369 e. The molecule has 0 radical (unpaired) electrons. The van der Waals surface area contributed by atoms with Gasteiger partial charge in [-0.15, -0.1) is 0 Å². The van der Waals surface area contributed by atoms with Gasteiger partial charge in [-0.25, -0.2) is 8.42 Å². The number of anilines is 1. The molecule has 0 bridgehead atoms. The van der Waals surface area contributed by atoms with E-state index in [0.717, 1.165) is 11.3 Å². The zero-order valence-electron chi connectivity index (χ0n) is 11.4. The van der Waals surface area contributed by atoms with E-state index in [1.807, 2.05) is 25.1 Å². The van der Waals surface area contributed by atoms with Crippen LogP contribution in [0.4, 0.5) is 5.69 Å². The molecule has 1 aromatic carbocycles. The van der Waals surface area contributed by atoms with Crippen molar-refractivity contribution in [3.8, 4) is 0 Å². The molecule has 106 valence electrons. The first-order valence-corrected chi connectivity index (χ1v) is 8.29. The van der Waals surface area contributed by atoms with Crippen molar-refractivity contribution in [1.29, 1.82) is 0 Å². The predicted octanol–water partition coefficient (Wildman–Crippen LogP) is 0.788. The smallest absolute Gasteiger partial charge is 0.211 e. The van der Waals surface area contributed by atoms with Gasteiger partial charge in [0.05, 0.1) is 6.26 Å². The number of sulfonamides is 1. The Morgan fingerprint density at radius 2 is 1.74 bits per heavy atom. The van der Waals surface area contributed by atoms with E-state index in [-0.39, 0.29) is 6.04 Å². The highest BCUT2D eigenvalue weighted by Crippen LogP contribution is 2.26. The van der Waals surface area contributed by atoms with Gasteiger partial charge in [0.2, 0.25) is 10.0 Å². The first-order valence-electron chi connectivity index (χ1n) is 6.44. The molecule has 1 saturated heterocycles. The van der Waals surface area contributed by atoms with E-state index in [4.69, 9.17) is 5.73 Å². The van der Waals surface area contributed by atoms with Crippen molar-refractivity contribution < 1.29 is 8.42 Å². The van der Waals surface area contributed by atoms with Crippen molar-refractivity contribution in [3.63, 3.8) is 0 Å². The lowest BCUT2D eigenvalue weighted by Gasteiger charge is -2.36. The fraction of sp³-hybridized carbons (Fsp3) is 0.538. The van der Waals surface area contributed by atoms with Crippen LogP contribution in [0.5, 0.6) is 0 Å². The number of nitrogens with two attached hydrogens (primary N) is 1. The minimum atomic E-state index is -3.08. The third-order valence-corrected chi connectivity index (χ3v) is 4.78. The zero-order valence-corrected chi connectivity index (χ0v) is 12.2. The molecule has 0 aliphatic carbocycles. The van der Waals surface area contributed by atoms with Gasteiger partial charge in [0.25, 0.3) is 0 Å². The molecule has 6 heteroatoms. The molecule has 2 rings (SSSR count). The second-order valence-electron chi connectivity index (χ2n) is 5.00. The average molecular weight is 283 g/mol. The number of hydrogen-bond acceptors (Lipinski definition) is 4. The summed E-state index contributed by atoms with van der Waals surface area (Å²) in [5.74, 6) is 0. The molecule has 0 unspecified atom stereocenters. The lowest BCUT2D eigenvalue weighted by atomic mass is 10.1. The highest BCUT2D eigenvalue weighted by Gasteiger charge is 2.24. The molecule has 1 heterocycles. The summed E-state index contributed by atoms with van der Waals surface area (Å²) in [5.41, 5.74) is 8.21. The quantitative estimate of drug-likeness (QED) is 0.890. The van der Waals surface area contributed by atoms with Crippen LogP contribution in [0.15, 0.2) is 24.3 Å². The zero-order chi connectivity index (χ0) is 14.0. The third kappa shape index (κ3) is 3.26. The molecule has 1 aromatic rings. The maximum absolute atomic E-state index is 11.5. The van der Waals surface area contributed by atoms with E-state index in [0.29, 0.717) is 26.2 Å². The maximum Gasteiger partial charge on any atom is 0.211 e. The Bertz CT molecular complexity index is 535. The summed E-state index contributed by atoms with van der Waals surface area (Å²) < 4.78 is 24.5. The molecule has 0 spiro atoms. The molecule has 1 aliphatic rings. The molecule has 1 aliphatic heterocycles. The predicted molar refractivity (Wildman–Crippen MR) is 77.7 cm³/mol. The third-order valence-electron chi connectivity index (χ3n) is 3.48. The normalized spacial score (nSPS) is 19.4. The lowest BCUT2D eigenvalue weighted by molar-refractivity contribution is 0.387. The van der Waals surface area contributed by atoms with E-state index in [1.54, 1.807) is 0 Å². The Morgan fingerprint density at radius 1 is 1.16 bits per heavy atom. The number of piperazine rings is 1. The van der Waals surface area contributed by atoms with E-state index >= 15 is 0 Å². The summed E-state index contributed by atoms with van der Waals surface area (Å²) in [6.45, 7) is 4.44. The Kier molecular flexibility index (Phi) is 4.13. The summed E-state index contributed by atoms with van der Waals surface area (Å²) in [6, 6.07) is 8.03. The average Bonchev–Trinajstić information content (AvgIpc) is 2.38. The summed E-state index contributed by atoms with van der Waals surface area (Å²) in [6.07, 6.45) is 1.26. The second-order valence-corrected chi connectivity index (χ2v) is 6.98. The van der Waals surface area contributed by atoms with E-state index in [2.05, 4.69) is 11.0 Å². The van der Waals surface area contributed by atoms with Gasteiger partial charge in [-0.05, 0) is 18.6 Å². The van der Waals surface area contributed by atoms with E-state index in [9.17, 15) is 8.42 Å². The molecule has 1 atom stereocenters. The van der Waals surface area contributed by atoms with Crippen LogP contribution in [0.25, 0.3) is 0 Å². The summed E-state index contributed by atoms with van der Waals surface area (Å²) >= 11 is 0. The van der Waals surface area contributed by atoms with Crippen LogP contribution in [0.1, 0.15) is 18.5 Å². The molecule has 0 amide bonds. The van der Waals surface area contributed by atoms with Crippen molar-refractivity contribution in [1.82, 2.24) is 4.31 Å². The molecule has 2 N–H and O–H groups in total. The van der Waals surface area contributed by atoms with Gasteiger partial charge in [0, 0.05) is 37.9 Å². The van der Waals surface area contributed by atoms with E-state index < -0.39 is 10.0 Å². The Hall–Kier alpha value is -1.11. The first kappa shape index (κ1) is 14.3. The lowest BCUT2D eigenvalue weighted by Crippen LogP contribution is -2.48. The summed E-state index contributed by atoms with van der Waals surface area (Å²) in [4.78, 5) is 2.21. The van der Waals surface area contributed by atoms with Gasteiger partial charge in [-0.3, -0.25) is 0 Å². The van der Waals surface area contributed by atoms with Gasteiger partial charge >= 0.3 is 0 Å². The number of nitrogens with zero attached hydrogens (tertiary/aromatic N) is 2. The highest BCUT2D eigenvalue weighted by atomic mass is 32.2. The molecule has 19 heavy (non-hydrogen) atoms. The van der Waals surface area contributed by atoms with Crippen LogP contribution in [0, 0.1) is 0 Å².